The molecule has 1 aliphatic heterocycles. The Balaban J connectivity index is 2.09. The van der Waals surface area contributed by atoms with Gasteiger partial charge in [-0.1, -0.05) is 6.92 Å². The van der Waals surface area contributed by atoms with E-state index in [9.17, 15) is 8.42 Å². The summed E-state index contributed by atoms with van der Waals surface area (Å²) in [5, 5.41) is 5.09. The second kappa shape index (κ2) is 7.00. The third kappa shape index (κ3) is 3.79. The first-order valence-electron chi connectivity index (χ1n) is 6.89. The number of aryl methyl sites for hydroxylation is 1. The van der Waals surface area contributed by atoms with E-state index in [1.165, 1.54) is 11.3 Å². The summed E-state index contributed by atoms with van der Waals surface area (Å²) < 4.78 is 33.0. The van der Waals surface area contributed by atoms with Crippen molar-refractivity contribution >= 4 is 21.4 Å². The van der Waals surface area contributed by atoms with Crippen molar-refractivity contribution in [2.45, 2.75) is 31.7 Å². The fourth-order valence-electron chi connectivity index (χ4n) is 2.25. The molecule has 0 saturated carbocycles. The van der Waals surface area contributed by atoms with Crippen LogP contribution in [0.1, 0.15) is 23.8 Å². The summed E-state index contributed by atoms with van der Waals surface area (Å²) in [4.78, 5) is 1.32. The van der Waals surface area contributed by atoms with Crippen LogP contribution in [-0.4, -0.2) is 34.7 Å². The molecule has 2 heterocycles. The lowest BCUT2D eigenvalue weighted by Gasteiger charge is -2.12. The van der Waals surface area contributed by atoms with Gasteiger partial charge in [0.1, 0.15) is 4.90 Å². The number of thiophene rings is 1. The van der Waals surface area contributed by atoms with Crippen LogP contribution in [0.5, 0.6) is 0 Å². The molecule has 114 valence electrons. The zero-order valence-electron chi connectivity index (χ0n) is 11.9. The monoisotopic (exact) mass is 318 g/mol. The average Bonchev–Trinajstić information content (AvgIpc) is 3.03. The van der Waals surface area contributed by atoms with E-state index in [0.29, 0.717) is 30.5 Å². The Labute approximate surface area is 124 Å². The molecule has 1 aromatic rings. The highest BCUT2D eigenvalue weighted by Crippen LogP contribution is 2.27. The van der Waals surface area contributed by atoms with E-state index in [1.54, 1.807) is 0 Å². The quantitative estimate of drug-likeness (QED) is 0.799. The second-order valence-corrected chi connectivity index (χ2v) is 7.70. The van der Waals surface area contributed by atoms with Crippen LogP contribution in [0.3, 0.4) is 0 Å². The van der Waals surface area contributed by atoms with Crippen molar-refractivity contribution in [3.05, 3.63) is 15.8 Å². The molecular weight excluding hydrogens is 296 g/mol. The third-order valence-corrected chi connectivity index (χ3v) is 6.27. The van der Waals surface area contributed by atoms with Crippen LogP contribution in [0.25, 0.3) is 0 Å². The molecular formula is C13H22N2O3S2. The summed E-state index contributed by atoms with van der Waals surface area (Å²) in [5.74, 6) is 0.293. The number of nitrogens with one attached hydrogen (secondary N) is 2. The standard InChI is InChI=1S/C13H22N2O3S2/c1-3-14-7-12-13(10(2)9-19-12)20(16,17)15-6-11-4-5-18-8-11/h9,11,14-15H,3-8H2,1-2H3. The maximum absolute atomic E-state index is 12.5. The van der Waals surface area contributed by atoms with Gasteiger partial charge in [0.2, 0.25) is 10.0 Å². The SMILES string of the molecule is CCNCc1scc(C)c1S(=O)(=O)NCC1CCOC1. The molecule has 2 N–H and O–H groups in total. The Morgan fingerprint density at radius 2 is 2.30 bits per heavy atom. The van der Waals surface area contributed by atoms with E-state index in [0.717, 1.165) is 30.0 Å². The van der Waals surface area contributed by atoms with Gasteiger partial charge in [0.25, 0.3) is 0 Å². The normalized spacial score (nSPS) is 19.6. The molecule has 0 amide bonds. The lowest BCUT2D eigenvalue weighted by Crippen LogP contribution is -2.30. The summed E-state index contributed by atoms with van der Waals surface area (Å²) in [7, 11) is -3.43. The van der Waals surface area contributed by atoms with Gasteiger partial charge in [-0.15, -0.1) is 11.3 Å². The highest BCUT2D eigenvalue weighted by atomic mass is 32.2. The zero-order valence-corrected chi connectivity index (χ0v) is 13.6. The van der Waals surface area contributed by atoms with Crippen LogP contribution in [0.4, 0.5) is 0 Å². The van der Waals surface area contributed by atoms with Gasteiger partial charge in [0.05, 0.1) is 6.61 Å². The van der Waals surface area contributed by atoms with Gasteiger partial charge in [0, 0.05) is 24.6 Å². The van der Waals surface area contributed by atoms with E-state index in [4.69, 9.17) is 4.74 Å². The minimum absolute atomic E-state index is 0.293. The number of sulfonamides is 1. The topological polar surface area (TPSA) is 67.4 Å². The molecule has 1 atom stereocenters. The molecule has 1 unspecified atom stereocenters. The van der Waals surface area contributed by atoms with E-state index >= 15 is 0 Å². The first-order valence-corrected chi connectivity index (χ1v) is 9.26. The minimum atomic E-state index is -3.43. The number of ether oxygens (including phenoxy) is 1. The summed E-state index contributed by atoms with van der Waals surface area (Å²) >= 11 is 1.49. The molecule has 0 spiro atoms. The van der Waals surface area contributed by atoms with Crippen LogP contribution in [0.15, 0.2) is 10.3 Å². The molecule has 2 rings (SSSR count). The van der Waals surface area contributed by atoms with Crippen molar-refractivity contribution in [3.63, 3.8) is 0 Å². The largest absolute Gasteiger partial charge is 0.381 e. The molecule has 5 nitrogen and oxygen atoms in total. The molecule has 0 aliphatic carbocycles. The fourth-order valence-corrected chi connectivity index (χ4v) is 5.15. The van der Waals surface area contributed by atoms with Gasteiger partial charge in [0.15, 0.2) is 0 Å². The maximum atomic E-state index is 12.5. The molecule has 7 heteroatoms. The smallest absolute Gasteiger partial charge is 0.241 e. The lowest BCUT2D eigenvalue weighted by molar-refractivity contribution is 0.186. The molecule has 1 saturated heterocycles. The van der Waals surface area contributed by atoms with Crippen molar-refractivity contribution in [3.8, 4) is 0 Å². The molecule has 1 aromatic heterocycles. The second-order valence-electron chi connectivity index (χ2n) is 5.03. The van der Waals surface area contributed by atoms with Gasteiger partial charge < -0.3 is 10.1 Å². The fraction of sp³-hybridized carbons (Fsp3) is 0.692. The van der Waals surface area contributed by atoms with Crippen LogP contribution in [0.2, 0.25) is 0 Å². The molecule has 0 radical (unpaired) electrons. The third-order valence-electron chi connectivity index (χ3n) is 3.38. The minimum Gasteiger partial charge on any atom is -0.381 e. The Bertz CT molecular complexity index is 534. The predicted octanol–water partition coefficient (Wildman–Crippen LogP) is 1.48. The van der Waals surface area contributed by atoms with E-state index in [2.05, 4.69) is 10.0 Å². The zero-order chi connectivity index (χ0) is 14.6. The molecule has 1 aliphatic rings. The molecule has 1 fully saturated rings. The maximum Gasteiger partial charge on any atom is 0.241 e. The first kappa shape index (κ1) is 15.9. The van der Waals surface area contributed by atoms with Crippen molar-refractivity contribution < 1.29 is 13.2 Å². The van der Waals surface area contributed by atoms with E-state index in [1.807, 2.05) is 19.2 Å². The Kier molecular flexibility index (Phi) is 5.57. The number of hydrogen-bond donors (Lipinski definition) is 2. The highest BCUT2D eigenvalue weighted by Gasteiger charge is 2.25. The van der Waals surface area contributed by atoms with Gasteiger partial charge in [-0.3, -0.25) is 0 Å². The van der Waals surface area contributed by atoms with Crippen LogP contribution in [-0.2, 0) is 21.3 Å². The summed E-state index contributed by atoms with van der Waals surface area (Å²) in [6.07, 6.45) is 0.926. The summed E-state index contributed by atoms with van der Waals surface area (Å²) in [5.41, 5.74) is 0.818. The van der Waals surface area contributed by atoms with Gasteiger partial charge in [-0.25, -0.2) is 13.1 Å². The Hall–Kier alpha value is -0.470. The predicted molar refractivity (Wildman–Crippen MR) is 80.6 cm³/mol. The Morgan fingerprint density at radius 1 is 1.50 bits per heavy atom. The average molecular weight is 318 g/mol. The van der Waals surface area contributed by atoms with Crippen molar-refractivity contribution in [1.29, 1.82) is 0 Å². The van der Waals surface area contributed by atoms with Crippen molar-refractivity contribution in [1.82, 2.24) is 10.0 Å². The summed E-state index contributed by atoms with van der Waals surface area (Å²) in [6, 6.07) is 0. The van der Waals surface area contributed by atoms with Gasteiger partial charge in [-0.2, -0.15) is 0 Å². The number of hydrogen-bond acceptors (Lipinski definition) is 5. The van der Waals surface area contributed by atoms with Crippen LogP contribution >= 0.6 is 11.3 Å². The first-order chi connectivity index (χ1) is 9.54. The van der Waals surface area contributed by atoms with E-state index < -0.39 is 10.0 Å². The molecule has 0 bridgehead atoms. The lowest BCUT2D eigenvalue weighted by atomic mass is 10.1. The van der Waals surface area contributed by atoms with Gasteiger partial charge in [-0.05, 0) is 36.8 Å². The van der Waals surface area contributed by atoms with Crippen molar-refractivity contribution in [2.24, 2.45) is 5.92 Å². The van der Waals surface area contributed by atoms with Crippen LogP contribution in [0, 0.1) is 12.8 Å². The molecule has 0 aromatic carbocycles. The summed E-state index contributed by atoms with van der Waals surface area (Å²) in [6.45, 7) is 7.11. The highest BCUT2D eigenvalue weighted by molar-refractivity contribution is 7.89. The van der Waals surface area contributed by atoms with Crippen molar-refractivity contribution in [2.75, 3.05) is 26.3 Å². The van der Waals surface area contributed by atoms with Gasteiger partial charge >= 0.3 is 0 Å². The molecule has 20 heavy (non-hydrogen) atoms. The number of rotatable bonds is 7. The van der Waals surface area contributed by atoms with Crippen LogP contribution < -0.4 is 10.0 Å². The van der Waals surface area contributed by atoms with E-state index in [-0.39, 0.29) is 0 Å². The Morgan fingerprint density at radius 3 is 2.95 bits per heavy atom.